The van der Waals surface area contributed by atoms with E-state index in [-0.39, 0.29) is 24.8 Å². The quantitative estimate of drug-likeness (QED) is 0.854. The molecule has 1 aromatic rings. The van der Waals surface area contributed by atoms with Crippen molar-refractivity contribution in [3.63, 3.8) is 0 Å². The summed E-state index contributed by atoms with van der Waals surface area (Å²) in [7, 11) is 0. The van der Waals surface area contributed by atoms with Gasteiger partial charge in [-0.1, -0.05) is 6.07 Å². The van der Waals surface area contributed by atoms with Crippen molar-refractivity contribution in [2.45, 2.75) is 19.1 Å². The van der Waals surface area contributed by atoms with Crippen LogP contribution in [0.3, 0.4) is 0 Å². The largest absolute Gasteiger partial charge is 0.492 e. The molecule has 1 aliphatic heterocycles. The van der Waals surface area contributed by atoms with Crippen LogP contribution in [0.15, 0.2) is 24.3 Å². The molecule has 1 fully saturated rings. The predicted molar refractivity (Wildman–Crippen MR) is 83.7 cm³/mol. The average Bonchev–Trinajstić information content (AvgIpc) is 2.54. The van der Waals surface area contributed by atoms with E-state index in [2.05, 4.69) is 0 Å². The van der Waals surface area contributed by atoms with Gasteiger partial charge in [0.25, 0.3) is 0 Å². The molecule has 9 heteroatoms. The van der Waals surface area contributed by atoms with Crippen molar-refractivity contribution in [2.75, 3.05) is 32.8 Å². The summed E-state index contributed by atoms with van der Waals surface area (Å²) < 4.78 is 43.4. The molecule has 1 aromatic carbocycles. The maximum Gasteiger partial charge on any atom is 0.416 e. The lowest BCUT2D eigenvalue weighted by molar-refractivity contribution is -0.141. The third kappa shape index (κ3) is 5.09. The highest BCUT2D eigenvalue weighted by molar-refractivity contribution is 5.86. The van der Waals surface area contributed by atoms with Crippen molar-refractivity contribution in [2.24, 2.45) is 5.73 Å². The van der Waals surface area contributed by atoms with Crippen LogP contribution in [0, 0.1) is 0 Å². The number of rotatable bonds is 5. The zero-order valence-electron chi connectivity index (χ0n) is 13.8. The number of carbonyl (C=O) groups excluding carboxylic acids is 2. The van der Waals surface area contributed by atoms with Crippen LogP contribution < -0.4 is 10.5 Å². The number of piperazine rings is 1. The Hall–Kier alpha value is -2.29. The standard InChI is InChI=1S/C16H20F3N3O3/c1-11(23)22-6-5-21(10-14(22)15(20)24)7-8-25-13-4-2-3-12(9-13)16(17,18)19/h2-4,9,14H,5-8,10H2,1H3,(H2,20,24). The maximum absolute atomic E-state index is 12.7. The number of carbonyl (C=O) groups is 2. The Bertz CT molecular complexity index is 637. The van der Waals surface area contributed by atoms with Crippen molar-refractivity contribution in [3.8, 4) is 5.75 Å². The van der Waals surface area contributed by atoms with Gasteiger partial charge in [0.1, 0.15) is 18.4 Å². The zero-order chi connectivity index (χ0) is 18.6. The van der Waals surface area contributed by atoms with Gasteiger partial charge in [-0.3, -0.25) is 14.5 Å². The maximum atomic E-state index is 12.7. The topological polar surface area (TPSA) is 75.9 Å². The van der Waals surface area contributed by atoms with Crippen molar-refractivity contribution in [3.05, 3.63) is 29.8 Å². The summed E-state index contributed by atoms with van der Waals surface area (Å²) in [5.74, 6) is -0.675. The molecule has 6 nitrogen and oxygen atoms in total. The summed E-state index contributed by atoms with van der Waals surface area (Å²) >= 11 is 0. The van der Waals surface area contributed by atoms with E-state index >= 15 is 0 Å². The van der Waals surface area contributed by atoms with Gasteiger partial charge in [0.15, 0.2) is 0 Å². The molecule has 2 amide bonds. The van der Waals surface area contributed by atoms with Gasteiger partial charge in [-0.25, -0.2) is 0 Å². The first-order chi connectivity index (χ1) is 11.7. The predicted octanol–water partition coefficient (Wildman–Crippen LogP) is 1.10. The number of hydrogen-bond donors (Lipinski definition) is 1. The molecule has 1 unspecified atom stereocenters. The van der Waals surface area contributed by atoms with E-state index in [0.29, 0.717) is 19.6 Å². The molecule has 1 atom stereocenters. The lowest BCUT2D eigenvalue weighted by Gasteiger charge is -2.39. The number of ether oxygens (including phenoxy) is 1. The molecule has 2 rings (SSSR count). The molecule has 0 bridgehead atoms. The van der Waals surface area contributed by atoms with Gasteiger partial charge in [-0.05, 0) is 18.2 Å². The fraction of sp³-hybridized carbons (Fsp3) is 0.500. The molecular weight excluding hydrogens is 339 g/mol. The molecule has 0 aliphatic carbocycles. The number of primary amides is 1. The highest BCUT2D eigenvalue weighted by Crippen LogP contribution is 2.31. The van der Waals surface area contributed by atoms with E-state index in [4.69, 9.17) is 10.5 Å². The minimum absolute atomic E-state index is 0.128. The second-order valence-electron chi connectivity index (χ2n) is 5.81. The van der Waals surface area contributed by atoms with Crippen LogP contribution in [-0.2, 0) is 15.8 Å². The summed E-state index contributed by atoms with van der Waals surface area (Å²) in [6.07, 6.45) is -4.42. The van der Waals surface area contributed by atoms with Crippen molar-refractivity contribution in [1.29, 1.82) is 0 Å². The molecule has 1 heterocycles. The normalized spacial score (nSPS) is 18.9. The van der Waals surface area contributed by atoms with Crippen LogP contribution in [0.2, 0.25) is 0 Å². The summed E-state index contributed by atoms with van der Waals surface area (Å²) in [5.41, 5.74) is 4.57. The molecular formula is C16H20F3N3O3. The van der Waals surface area contributed by atoms with Crippen LogP contribution in [-0.4, -0.2) is 60.4 Å². The number of hydrogen-bond acceptors (Lipinski definition) is 4. The Morgan fingerprint density at radius 3 is 2.64 bits per heavy atom. The fourth-order valence-corrected chi connectivity index (χ4v) is 2.72. The van der Waals surface area contributed by atoms with Gasteiger partial charge in [0.05, 0.1) is 5.56 Å². The lowest BCUT2D eigenvalue weighted by Crippen LogP contribution is -2.59. The summed E-state index contributed by atoms with van der Waals surface area (Å²) in [6, 6.07) is 3.95. The first kappa shape index (κ1) is 19.0. The third-order valence-electron chi connectivity index (χ3n) is 4.03. The van der Waals surface area contributed by atoms with Crippen molar-refractivity contribution >= 4 is 11.8 Å². The van der Waals surface area contributed by atoms with E-state index in [1.54, 1.807) is 0 Å². The van der Waals surface area contributed by atoms with Crippen LogP contribution in [0.4, 0.5) is 13.2 Å². The average molecular weight is 359 g/mol. The van der Waals surface area contributed by atoms with E-state index in [9.17, 15) is 22.8 Å². The molecule has 1 aliphatic rings. The van der Waals surface area contributed by atoms with E-state index in [0.717, 1.165) is 12.1 Å². The smallest absolute Gasteiger partial charge is 0.416 e. The van der Waals surface area contributed by atoms with Crippen LogP contribution >= 0.6 is 0 Å². The Morgan fingerprint density at radius 1 is 1.32 bits per heavy atom. The summed E-state index contributed by atoms with van der Waals surface area (Å²) in [5, 5.41) is 0. The first-order valence-electron chi connectivity index (χ1n) is 7.77. The molecule has 0 aromatic heterocycles. The Labute approximate surface area is 143 Å². The monoisotopic (exact) mass is 359 g/mol. The molecule has 0 radical (unpaired) electrons. The summed E-state index contributed by atoms with van der Waals surface area (Å²) in [6.45, 7) is 3.13. The Balaban J connectivity index is 1.88. The highest BCUT2D eigenvalue weighted by Gasteiger charge is 2.32. The number of alkyl halides is 3. The van der Waals surface area contributed by atoms with E-state index in [1.807, 2.05) is 4.90 Å². The minimum atomic E-state index is -4.42. The Morgan fingerprint density at radius 2 is 2.04 bits per heavy atom. The van der Waals surface area contributed by atoms with Crippen molar-refractivity contribution < 1.29 is 27.5 Å². The first-order valence-corrected chi connectivity index (χ1v) is 7.77. The second-order valence-corrected chi connectivity index (χ2v) is 5.81. The molecule has 0 saturated carbocycles. The van der Waals surface area contributed by atoms with E-state index in [1.165, 1.54) is 24.0 Å². The van der Waals surface area contributed by atoms with Gasteiger partial charge >= 0.3 is 6.18 Å². The number of nitrogens with two attached hydrogens (primary N) is 1. The van der Waals surface area contributed by atoms with Gasteiger partial charge < -0.3 is 15.4 Å². The number of benzene rings is 1. The van der Waals surface area contributed by atoms with Gasteiger partial charge in [-0.2, -0.15) is 13.2 Å². The van der Waals surface area contributed by atoms with Gasteiger partial charge in [0, 0.05) is 33.1 Å². The number of halogens is 3. The second kappa shape index (κ2) is 7.73. The minimum Gasteiger partial charge on any atom is -0.492 e. The molecule has 138 valence electrons. The van der Waals surface area contributed by atoms with Crippen LogP contribution in [0.25, 0.3) is 0 Å². The van der Waals surface area contributed by atoms with Crippen molar-refractivity contribution in [1.82, 2.24) is 9.80 Å². The van der Waals surface area contributed by atoms with Crippen LogP contribution in [0.5, 0.6) is 5.75 Å². The fourth-order valence-electron chi connectivity index (χ4n) is 2.72. The molecule has 1 saturated heterocycles. The third-order valence-corrected chi connectivity index (χ3v) is 4.03. The number of nitrogens with zero attached hydrogens (tertiary/aromatic N) is 2. The Kier molecular flexibility index (Phi) is 5.89. The lowest BCUT2D eigenvalue weighted by atomic mass is 10.1. The van der Waals surface area contributed by atoms with Gasteiger partial charge in [-0.15, -0.1) is 0 Å². The van der Waals surface area contributed by atoms with E-state index < -0.39 is 23.7 Å². The summed E-state index contributed by atoms with van der Waals surface area (Å²) in [4.78, 5) is 26.3. The highest BCUT2D eigenvalue weighted by atomic mass is 19.4. The SMILES string of the molecule is CC(=O)N1CCN(CCOc2cccc(C(F)(F)F)c2)CC1C(N)=O. The van der Waals surface area contributed by atoms with Crippen LogP contribution in [0.1, 0.15) is 12.5 Å². The number of amides is 2. The molecule has 0 spiro atoms. The molecule has 2 N–H and O–H groups in total. The van der Waals surface area contributed by atoms with Gasteiger partial charge in [0.2, 0.25) is 11.8 Å². The molecule has 25 heavy (non-hydrogen) atoms. The zero-order valence-corrected chi connectivity index (χ0v) is 13.8.